The summed E-state index contributed by atoms with van der Waals surface area (Å²) in [7, 11) is 0. The van der Waals surface area contributed by atoms with Crippen molar-refractivity contribution in [2.24, 2.45) is 0 Å². The molecule has 5 heteroatoms. The van der Waals surface area contributed by atoms with E-state index in [4.69, 9.17) is 0 Å². The van der Waals surface area contributed by atoms with E-state index in [9.17, 15) is 14.7 Å². The Morgan fingerprint density at radius 3 is 2.70 bits per heavy atom. The lowest BCUT2D eigenvalue weighted by molar-refractivity contribution is 0.276. The molecule has 0 fully saturated rings. The highest BCUT2D eigenvalue weighted by Gasteiger charge is 2.12. The Hall–Kier alpha value is -2.40. The molecule has 0 spiro atoms. The molecule has 2 aromatic heterocycles. The summed E-state index contributed by atoms with van der Waals surface area (Å²) in [5.74, 6) is 0. The molecule has 0 atom stereocenters. The number of aromatic amines is 1. The van der Waals surface area contributed by atoms with E-state index in [-0.39, 0.29) is 24.1 Å². The van der Waals surface area contributed by atoms with Gasteiger partial charge in [0.15, 0.2) is 5.43 Å². The average Bonchev–Trinajstić information content (AvgIpc) is 2.43. The maximum atomic E-state index is 12.5. The maximum Gasteiger partial charge on any atom is 0.259 e. The van der Waals surface area contributed by atoms with Crippen molar-refractivity contribution in [1.82, 2.24) is 9.55 Å². The van der Waals surface area contributed by atoms with Crippen molar-refractivity contribution in [1.29, 1.82) is 0 Å². The van der Waals surface area contributed by atoms with E-state index in [0.29, 0.717) is 5.39 Å². The van der Waals surface area contributed by atoms with Gasteiger partial charge in [-0.15, -0.1) is 0 Å². The highest BCUT2D eigenvalue weighted by atomic mass is 16.3. The molecular formula is C15H14N2O3. The number of aromatic nitrogens is 2. The van der Waals surface area contributed by atoms with Gasteiger partial charge in [0.05, 0.1) is 17.5 Å². The van der Waals surface area contributed by atoms with Gasteiger partial charge in [-0.2, -0.15) is 0 Å². The minimum absolute atomic E-state index is 0.133. The van der Waals surface area contributed by atoms with E-state index in [1.807, 2.05) is 13.0 Å². The summed E-state index contributed by atoms with van der Waals surface area (Å²) in [4.78, 5) is 27.1. The van der Waals surface area contributed by atoms with Gasteiger partial charge in [-0.25, -0.2) is 0 Å². The SMILES string of the molecule is Cc1[nH]ccc2c3ccc(=O)cc3c(=O)n(CCO)c12. The molecule has 0 saturated carbocycles. The summed E-state index contributed by atoms with van der Waals surface area (Å²) in [5, 5.41) is 11.2. The summed E-state index contributed by atoms with van der Waals surface area (Å²) in [6.07, 6.45) is 1.80. The van der Waals surface area contributed by atoms with Gasteiger partial charge in [-0.3, -0.25) is 9.59 Å². The monoisotopic (exact) mass is 270 g/mol. The first kappa shape index (κ1) is 12.6. The Balaban J connectivity index is 2.65. The lowest BCUT2D eigenvalue weighted by atomic mass is 10.1. The highest BCUT2D eigenvalue weighted by molar-refractivity contribution is 6.06. The second-order valence-corrected chi connectivity index (χ2v) is 4.75. The number of fused-ring (bicyclic) bond motifs is 3. The number of rotatable bonds is 2. The molecule has 0 aliphatic heterocycles. The summed E-state index contributed by atoms with van der Waals surface area (Å²) in [6, 6.07) is 6.38. The number of aliphatic hydroxyl groups is 1. The Bertz CT molecular complexity index is 922. The summed E-state index contributed by atoms with van der Waals surface area (Å²) < 4.78 is 1.52. The van der Waals surface area contributed by atoms with Gasteiger partial charge >= 0.3 is 0 Å². The molecule has 0 aliphatic carbocycles. The van der Waals surface area contributed by atoms with Crippen molar-refractivity contribution in [3.05, 3.63) is 56.7 Å². The first-order chi connectivity index (χ1) is 9.63. The van der Waals surface area contributed by atoms with Crippen LogP contribution in [0.15, 0.2) is 40.1 Å². The molecule has 102 valence electrons. The van der Waals surface area contributed by atoms with Crippen LogP contribution in [0.2, 0.25) is 0 Å². The van der Waals surface area contributed by atoms with Crippen LogP contribution in [-0.4, -0.2) is 21.3 Å². The molecule has 2 heterocycles. The number of nitrogens with zero attached hydrogens (tertiary/aromatic N) is 1. The number of benzene rings is 1. The van der Waals surface area contributed by atoms with Crippen molar-refractivity contribution in [2.75, 3.05) is 6.61 Å². The lowest BCUT2D eigenvalue weighted by Crippen LogP contribution is -2.24. The van der Waals surface area contributed by atoms with Crippen LogP contribution in [-0.2, 0) is 6.54 Å². The Morgan fingerprint density at radius 2 is 1.95 bits per heavy atom. The topological polar surface area (TPSA) is 75.1 Å². The van der Waals surface area contributed by atoms with Gasteiger partial charge in [0.1, 0.15) is 0 Å². The minimum atomic E-state index is -0.248. The fourth-order valence-corrected chi connectivity index (χ4v) is 2.66. The second kappa shape index (κ2) is 4.61. The van der Waals surface area contributed by atoms with Crippen LogP contribution in [0, 0.1) is 6.92 Å². The highest BCUT2D eigenvalue weighted by Crippen LogP contribution is 2.23. The molecule has 0 radical (unpaired) electrons. The van der Waals surface area contributed by atoms with Crippen molar-refractivity contribution in [3.63, 3.8) is 0 Å². The zero-order valence-corrected chi connectivity index (χ0v) is 11.0. The molecule has 5 nitrogen and oxygen atoms in total. The molecular weight excluding hydrogens is 256 g/mol. The lowest BCUT2D eigenvalue weighted by Gasteiger charge is -2.13. The van der Waals surface area contributed by atoms with E-state index in [0.717, 1.165) is 22.0 Å². The molecule has 3 rings (SSSR count). The standard InChI is InChI=1S/C15H14N2O3/c1-9-14-12(4-5-16-9)11-3-2-10(19)8-13(11)15(20)17(14)6-7-18/h2-5,8,16,18H,6-7H2,1H3. The molecule has 0 aliphatic rings. The van der Waals surface area contributed by atoms with Gasteiger partial charge in [0.25, 0.3) is 5.56 Å². The number of aryl methyl sites for hydroxylation is 1. The summed E-state index contributed by atoms with van der Waals surface area (Å²) in [6.45, 7) is 1.95. The third-order valence-corrected chi connectivity index (χ3v) is 3.51. The van der Waals surface area contributed by atoms with E-state index in [1.165, 1.54) is 16.7 Å². The first-order valence-corrected chi connectivity index (χ1v) is 6.39. The summed E-state index contributed by atoms with van der Waals surface area (Å²) >= 11 is 0. The van der Waals surface area contributed by atoms with Crippen LogP contribution in [0.4, 0.5) is 0 Å². The normalized spacial score (nSPS) is 11.3. The smallest absolute Gasteiger partial charge is 0.259 e. The molecule has 0 amide bonds. The van der Waals surface area contributed by atoms with Crippen molar-refractivity contribution in [3.8, 4) is 0 Å². The number of nitrogens with one attached hydrogen (secondary N) is 1. The van der Waals surface area contributed by atoms with E-state index in [2.05, 4.69) is 4.98 Å². The van der Waals surface area contributed by atoms with E-state index in [1.54, 1.807) is 12.3 Å². The van der Waals surface area contributed by atoms with Crippen molar-refractivity contribution >= 4 is 21.7 Å². The molecule has 2 N–H and O–H groups in total. The quantitative estimate of drug-likeness (QED) is 0.686. The predicted molar refractivity (Wildman–Crippen MR) is 78.2 cm³/mol. The fraction of sp³-hybridized carbons (Fsp3) is 0.200. The zero-order chi connectivity index (χ0) is 14.3. The second-order valence-electron chi connectivity index (χ2n) is 4.75. The van der Waals surface area contributed by atoms with Gasteiger partial charge in [-0.1, -0.05) is 0 Å². The van der Waals surface area contributed by atoms with Crippen LogP contribution in [0.5, 0.6) is 0 Å². The maximum absolute atomic E-state index is 12.5. The van der Waals surface area contributed by atoms with Gasteiger partial charge < -0.3 is 14.7 Å². The van der Waals surface area contributed by atoms with E-state index < -0.39 is 0 Å². The Morgan fingerprint density at radius 1 is 1.15 bits per heavy atom. The third-order valence-electron chi connectivity index (χ3n) is 3.51. The van der Waals surface area contributed by atoms with Crippen LogP contribution in [0.25, 0.3) is 21.7 Å². The molecule has 1 aromatic carbocycles. The van der Waals surface area contributed by atoms with Crippen LogP contribution in [0.1, 0.15) is 5.69 Å². The number of hydrogen-bond donors (Lipinski definition) is 2. The zero-order valence-electron chi connectivity index (χ0n) is 11.0. The molecule has 20 heavy (non-hydrogen) atoms. The number of hydrogen-bond acceptors (Lipinski definition) is 3. The Kier molecular flexibility index (Phi) is 2.91. The van der Waals surface area contributed by atoms with Crippen LogP contribution in [0.3, 0.4) is 0 Å². The molecule has 0 bridgehead atoms. The van der Waals surface area contributed by atoms with Crippen molar-refractivity contribution < 1.29 is 5.11 Å². The number of pyridine rings is 2. The average molecular weight is 270 g/mol. The first-order valence-electron chi connectivity index (χ1n) is 6.39. The molecule has 3 aromatic rings. The van der Waals surface area contributed by atoms with Gasteiger partial charge in [0, 0.05) is 23.8 Å². The van der Waals surface area contributed by atoms with E-state index >= 15 is 0 Å². The molecule has 0 unspecified atom stereocenters. The molecule has 0 saturated heterocycles. The van der Waals surface area contributed by atoms with Crippen LogP contribution >= 0.6 is 0 Å². The largest absolute Gasteiger partial charge is 0.395 e. The minimum Gasteiger partial charge on any atom is -0.395 e. The van der Waals surface area contributed by atoms with Gasteiger partial charge in [-0.05, 0) is 36.6 Å². The number of H-pyrrole nitrogens is 1. The van der Waals surface area contributed by atoms with Crippen LogP contribution < -0.4 is 11.0 Å². The number of aliphatic hydroxyl groups excluding tert-OH is 1. The third kappa shape index (κ3) is 1.75. The predicted octanol–water partition coefficient (Wildman–Crippen LogP) is 1.14. The van der Waals surface area contributed by atoms with Gasteiger partial charge in [0.2, 0.25) is 0 Å². The summed E-state index contributed by atoms with van der Waals surface area (Å²) in [5.41, 5.74) is 1.17. The fourth-order valence-electron chi connectivity index (χ4n) is 2.66. The Labute approximate surface area is 114 Å². The van der Waals surface area contributed by atoms with Crippen molar-refractivity contribution in [2.45, 2.75) is 13.5 Å².